The lowest BCUT2D eigenvalue weighted by Crippen LogP contribution is -2.36. The number of carbonyl (C=O) groups is 1. The zero-order valence-electron chi connectivity index (χ0n) is 14.3. The maximum atomic E-state index is 12.7. The number of carbonyl (C=O) groups excluding carboxylic acids is 1. The summed E-state index contributed by atoms with van der Waals surface area (Å²) in [5.74, 6) is 0.770. The molecule has 0 fully saturated rings. The quantitative estimate of drug-likeness (QED) is 0.699. The van der Waals surface area contributed by atoms with E-state index in [1.54, 1.807) is 11.2 Å². The summed E-state index contributed by atoms with van der Waals surface area (Å²) in [5.41, 5.74) is 3.16. The van der Waals surface area contributed by atoms with Crippen molar-refractivity contribution in [1.29, 1.82) is 0 Å². The van der Waals surface area contributed by atoms with E-state index in [0.717, 1.165) is 23.4 Å². The molecule has 128 valence electrons. The van der Waals surface area contributed by atoms with Crippen molar-refractivity contribution in [3.8, 4) is 0 Å². The second-order valence-corrected chi connectivity index (χ2v) is 6.03. The first-order chi connectivity index (χ1) is 12.2. The summed E-state index contributed by atoms with van der Waals surface area (Å²) < 4.78 is 5.41. The van der Waals surface area contributed by atoms with Crippen LogP contribution in [0.15, 0.2) is 77.4 Å². The largest absolute Gasteiger partial charge is 0.467 e. The van der Waals surface area contributed by atoms with Crippen LogP contribution in [-0.4, -0.2) is 17.5 Å². The predicted octanol–water partition coefficient (Wildman–Crippen LogP) is 4.86. The molecule has 0 saturated heterocycles. The molecule has 1 aromatic heterocycles. The van der Waals surface area contributed by atoms with E-state index in [9.17, 15) is 4.79 Å². The number of nitrogens with zero attached hydrogens (tertiary/aromatic N) is 1. The molecule has 0 saturated carbocycles. The lowest BCUT2D eigenvalue weighted by Gasteiger charge is -2.22. The van der Waals surface area contributed by atoms with Crippen LogP contribution in [0.1, 0.15) is 16.9 Å². The number of benzene rings is 2. The van der Waals surface area contributed by atoms with Crippen molar-refractivity contribution < 1.29 is 9.21 Å². The van der Waals surface area contributed by atoms with Gasteiger partial charge in [0.05, 0.1) is 12.8 Å². The molecule has 2 aromatic carbocycles. The Bertz CT molecular complexity index is 781. The van der Waals surface area contributed by atoms with Gasteiger partial charge in [-0.05, 0) is 43.2 Å². The van der Waals surface area contributed by atoms with Gasteiger partial charge in [0.2, 0.25) is 0 Å². The number of aryl methyl sites for hydroxylation is 1. The van der Waals surface area contributed by atoms with Crippen molar-refractivity contribution in [2.45, 2.75) is 19.9 Å². The number of hydrogen-bond donors (Lipinski definition) is 1. The fourth-order valence-electron chi connectivity index (χ4n) is 2.59. The molecule has 1 N–H and O–H groups in total. The van der Waals surface area contributed by atoms with Gasteiger partial charge in [-0.1, -0.05) is 48.0 Å². The highest BCUT2D eigenvalue weighted by molar-refractivity contribution is 5.89. The van der Waals surface area contributed by atoms with Crippen LogP contribution in [0.2, 0.25) is 0 Å². The summed E-state index contributed by atoms with van der Waals surface area (Å²) in [6, 6.07) is 21.5. The molecule has 1 heterocycles. The summed E-state index contributed by atoms with van der Waals surface area (Å²) in [6.45, 7) is 3.08. The summed E-state index contributed by atoms with van der Waals surface area (Å²) in [5, 5.41) is 2.96. The third-order valence-corrected chi connectivity index (χ3v) is 4.03. The highest BCUT2D eigenvalue weighted by Crippen LogP contribution is 2.13. The Labute approximate surface area is 148 Å². The standard InChI is InChI=1S/C21H22N2O2/c1-17-9-11-19(12-10-17)22-21(24)23(16-20-8-5-15-25-20)14-13-18-6-3-2-4-7-18/h2-12,15H,13-14,16H2,1H3,(H,22,24). The van der Waals surface area contributed by atoms with Crippen LogP contribution < -0.4 is 5.32 Å². The van der Waals surface area contributed by atoms with Gasteiger partial charge in [0.1, 0.15) is 5.76 Å². The van der Waals surface area contributed by atoms with Gasteiger partial charge < -0.3 is 14.6 Å². The normalized spacial score (nSPS) is 10.4. The van der Waals surface area contributed by atoms with Gasteiger partial charge in [-0.25, -0.2) is 4.79 Å². The Balaban J connectivity index is 1.68. The van der Waals surface area contributed by atoms with Crippen LogP contribution in [0.5, 0.6) is 0 Å². The smallest absolute Gasteiger partial charge is 0.322 e. The second kappa shape index (κ2) is 8.20. The summed E-state index contributed by atoms with van der Waals surface area (Å²) in [7, 11) is 0. The SMILES string of the molecule is Cc1ccc(NC(=O)N(CCc2ccccc2)Cc2ccco2)cc1. The third-order valence-electron chi connectivity index (χ3n) is 4.03. The number of amides is 2. The van der Waals surface area contributed by atoms with Gasteiger partial charge in [-0.2, -0.15) is 0 Å². The van der Waals surface area contributed by atoms with Gasteiger partial charge in [0.25, 0.3) is 0 Å². The molecule has 4 heteroatoms. The average molecular weight is 334 g/mol. The molecule has 3 rings (SSSR count). The fourth-order valence-corrected chi connectivity index (χ4v) is 2.59. The van der Waals surface area contributed by atoms with Crippen molar-refractivity contribution in [2.24, 2.45) is 0 Å². The molecule has 0 aliphatic carbocycles. The number of nitrogens with one attached hydrogen (secondary N) is 1. The summed E-state index contributed by atoms with van der Waals surface area (Å²) in [4.78, 5) is 14.5. The van der Waals surface area contributed by atoms with E-state index in [2.05, 4.69) is 17.4 Å². The van der Waals surface area contributed by atoms with E-state index in [1.807, 2.05) is 61.5 Å². The maximum absolute atomic E-state index is 12.7. The Morgan fingerprint density at radius 2 is 1.76 bits per heavy atom. The Morgan fingerprint density at radius 3 is 2.44 bits per heavy atom. The van der Waals surface area contributed by atoms with Gasteiger partial charge in [0.15, 0.2) is 0 Å². The fraction of sp³-hybridized carbons (Fsp3) is 0.190. The van der Waals surface area contributed by atoms with Crippen LogP contribution in [-0.2, 0) is 13.0 Å². The first-order valence-electron chi connectivity index (χ1n) is 8.39. The highest BCUT2D eigenvalue weighted by atomic mass is 16.3. The van der Waals surface area contributed by atoms with E-state index in [-0.39, 0.29) is 6.03 Å². The number of furan rings is 1. The number of hydrogen-bond acceptors (Lipinski definition) is 2. The van der Waals surface area contributed by atoms with Crippen molar-refractivity contribution in [2.75, 3.05) is 11.9 Å². The van der Waals surface area contributed by atoms with Gasteiger partial charge in [-0.3, -0.25) is 0 Å². The van der Waals surface area contributed by atoms with Gasteiger partial charge >= 0.3 is 6.03 Å². The molecule has 2 amide bonds. The number of urea groups is 1. The Kier molecular flexibility index (Phi) is 5.52. The van der Waals surface area contributed by atoms with E-state index >= 15 is 0 Å². The number of rotatable bonds is 6. The molecule has 0 aliphatic rings. The molecule has 0 bridgehead atoms. The van der Waals surface area contributed by atoms with Crippen LogP contribution in [0.3, 0.4) is 0 Å². The van der Waals surface area contributed by atoms with Crippen LogP contribution in [0.4, 0.5) is 10.5 Å². The van der Waals surface area contributed by atoms with E-state index < -0.39 is 0 Å². The molecule has 0 aliphatic heterocycles. The molecule has 0 atom stereocenters. The minimum atomic E-state index is -0.129. The van der Waals surface area contributed by atoms with Crippen LogP contribution in [0.25, 0.3) is 0 Å². The molecule has 0 unspecified atom stereocenters. The Hall–Kier alpha value is -3.01. The maximum Gasteiger partial charge on any atom is 0.322 e. The van der Waals surface area contributed by atoms with Crippen LogP contribution >= 0.6 is 0 Å². The van der Waals surface area contributed by atoms with Crippen LogP contribution in [0, 0.1) is 6.92 Å². The van der Waals surface area contributed by atoms with Crippen molar-refractivity contribution in [1.82, 2.24) is 4.90 Å². The van der Waals surface area contributed by atoms with Gasteiger partial charge in [-0.15, -0.1) is 0 Å². The Morgan fingerprint density at radius 1 is 1.00 bits per heavy atom. The lowest BCUT2D eigenvalue weighted by atomic mass is 10.1. The first-order valence-corrected chi connectivity index (χ1v) is 8.39. The predicted molar refractivity (Wildman–Crippen MR) is 99.5 cm³/mol. The zero-order valence-corrected chi connectivity index (χ0v) is 14.3. The zero-order chi connectivity index (χ0) is 17.5. The number of anilines is 1. The molecule has 3 aromatic rings. The third kappa shape index (κ3) is 4.98. The minimum Gasteiger partial charge on any atom is -0.467 e. The molecule has 25 heavy (non-hydrogen) atoms. The molecular formula is C21H22N2O2. The first kappa shape index (κ1) is 16.8. The minimum absolute atomic E-state index is 0.129. The van der Waals surface area contributed by atoms with E-state index in [4.69, 9.17) is 4.42 Å². The average Bonchev–Trinajstić information content (AvgIpc) is 3.14. The van der Waals surface area contributed by atoms with Gasteiger partial charge in [0, 0.05) is 12.2 Å². The second-order valence-electron chi connectivity index (χ2n) is 6.03. The topological polar surface area (TPSA) is 45.5 Å². The van der Waals surface area contributed by atoms with Crippen molar-refractivity contribution in [3.63, 3.8) is 0 Å². The van der Waals surface area contributed by atoms with E-state index in [0.29, 0.717) is 13.1 Å². The molecule has 0 spiro atoms. The van der Waals surface area contributed by atoms with E-state index in [1.165, 1.54) is 5.56 Å². The molecule has 0 radical (unpaired) electrons. The highest BCUT2D eigenvalue weighted by Gasteiger charge is 2.15. The summed E-state index contributed by atoms with van der Waals surface area (Å²) in [6.07, 6.45) is 2.42. The molecule has 4 nitrogen and oxygen atoms in total. The van der Waals surface area contributed by atoms with Crippen molar-refractivity contribution in [3.05, 3.63) is 89.9 Å². The summed E-state index contributed by atoms with van der Waals surface area (Å²) >= 11 is 0. The monoisotopic (exact) mass is 334 g/mol. The lowest BCUT2D eigenvalue weighted by molar-refractivity contribution is 0.205. The molecular weight excluding hydrogens is 312 g/mol. The van der Waals surface area contributed by atoms with Crippen molar-refractivity contribution >= 4 is 11.7 Å².